The summed E-state index contributed by atoms with van der Waals surface area (Å²) < 4.78 is 2.49. The predicted octanol–water partition coefficient (Wildman–Crippen LogP) is 2.44. The molecule has 1 N–H and O–H groups in total. The molecule has 0 spiro atoms. The monoisotopic (exact) mass is 362 g/mol. The Hall–Kier alpha value is -2.08. The number of aryl methyl sites for hydroxylation is 1. The van der Waals surface area contributed by atoms with Crippen molar-refractivity contribution in [3.05, 3.63) is 57.8 Å². The molecule has 1 atom stereocenters. The minimum atomic E-state index is -0.976. The third kappa shape index (κ3) is 2.54. The molecule has 6 heteroatoms. The molecule has 0 aliphatic carbocycles. The zero-order valence-electron chi connectivity index (χ0n) is 12.0. The Labute approximate surface area is 136 Å². The average molecular weight is 363 g/mol. The van der Waals surface area contributed by atoms with Crippen molar-refractivity contribution in [3.63, 3.8) is 0 Å². The number of carboxylic acids is 1. The van der Waals surface area contributed by atoms with E-state index in [1.807, 2.05) is 24.3 Å². The van der Waals surface area contributed by atoms with Crippen LogP contribution in [0.25, 0.3) is 0 Å². The van der Waals surface area contributed by atoms with E-state index in [9.17, 15) is 14.7 Å². The number of amides is 1. The molecule has 22 heavy (non-hydrogen) atoms. The molecule has 1 amide bonds. The molecule has 2 heterocycles. The standard InChI is InChI=1S/C16H15BrN2O3/c1-18-9-12(17)7-13(18)15(20)19-8-11-5-3-2-4-10(11)6-14(19)16(21)22/h2-5,7,9,14H,6,8H2,1H3,(H,21,22)/t14-/m0/s1. The smallest absolute Gasteiger partial charge is 0.326 e. The molecule has 0 saturated carbocycles. The first-order valence-corrected chi connectivity index (χ1v) is 7.69. The van der Waals surface area contributed by atoms with Gasteiger partial charge in [0.25, 0.3) is 5.91 Å². The summed E-state index contributed by atoms with van der Waals surface area (Å²) >= 11 is 3.34. The van der Waals surface area contributed by atoms with Gasteiger partial charge in [-0.2, -0.15) is 0 Å². The lowest BCUT2D eigenvalue weighted by molar-refractivity contribution is -0.142. The van der Waals surface area contributed by atoms with Gasteiger partial charge in [-0.3, -0.25) is 4.79 Å². The number of fused-ring (bicyclic) bond motifs is 1. The number of halogens is 1. The molecule has 114 valence electrons. The summed E-state index contributed by atoms with van der Waals surface area (Å²) in [6.45, 7) is 0.314. The summed E-state index contributed by atoms with van der Waals surface area (Å²) in [6, 6.07) is 8.53. The highest BCUT2D eigenvalue weighted by Crippen LogP contribution is 2.26. The van der Waals surface area contributed by atoms with Crippen LogP contribution in [0.2, 0.25) is 0 Å². The number of carbonyl (C=O) groups excluding carboxylic acids is 1. The second-order valence-corrected chi connectivity index (χ2v) is 6.33. The Balaban J connectivity index is 1.99. The molecule has 3 rings (SSSR count). The molecule has 1 aromatic carbocycles. The van der Waals surface area contributed by atoms with Gasteiger partial charge in [0.05, 0.1) is 0 Å². The number of nitrogens with zero attached hydrogens (tertiary/aromatic N) is 2. The first-order chi connectivity index (χ1) is 10.5. The number of carbonyl (C=O) groups is 2. The predicted molar refractivity (Wildman–Crippen MR) is 84.6 cm³/mol. The van der Waals surface area contributed by atoms with E-state index in [-0.39, 0.29) is 5.91 Å². The van der Waals surface area contributed by atoms with Crippen LogP contribution >= 0.6 is 15.9 Å². The Kier molecular flexibility index (Phi) is 3.78. The highest BCUT2D eigenvalue weighted by atomic mass is 79.9. The van der Waals surface area contributed by atoms with Crippen LogP contribution in [0.5, 0.6) is 0 Å². The van der Waals surface area contributed by atoms with Gasteiger partial charge >= 0.3 is 5.97 Å². The van der Waals surface area contributed by atoms with Crippen LogP contribution in [0.15, 0.2) is 41.0 Å². The van der Waals surface area contributed by atoms with Crippen molar-refractivity contribution >= 4 is 27.8 Å². The van der Waals surface area contributed by atoms with E-state index in [4.69, 9.17) is 0 Å². The first-order valence-electron chi connectivity index (χ1n) is 6.90. The third-order valence-electron chi connectivity index (χ3n) is 3.99. The largest absolute Gasteiger partial charge is 0.480 e. The van der Waals surface area contributed by atoms with Gasteiger partial charge in [-0.05, 0) is 33.1 Å². The number of aliphatic carboxylic acids is 1. The van der Waals surface area contributed by atoms with Crippen LogP contribution in [0.3, 0.4) is 0 Å². The van der Waals surface area contributed by atoms with Gasteiger partial charge in [-0.25, -0.2) is 4.79 Å². The van der Waals surface area contributed by atoms with Gasteiger partial charge in [0.15, 0.2) is 0 Å². The van der Waals surface area contributed by atoms with Crippen LogP contribution in [-0.4, -0.2) is 32.5 Å². The normalized spacial score (nSPS) is 17.2. The van der Waals surface area contributed by atoms with Crippen LogP contribution in [0.1, 0.15) is 21.6 Å². The number of benzene rings is 1. The quantitative estimate of drug-likeness (QED) is 0.892. The van der Waals surface area contributed by atoms with E-state index in [1.54, 1.807) is 23.9 Å². The lowest BCUT2D eigenvalue weighted by Gasteiger charge is -2.34. The maximum Gasteiger partial charge on any atom is 0.326 e. The summed E-state index contributed by atoms with van der Waals surface area (Å²) in [5.74, 6) is -1.24. The molecule has 1 aliphatic heterocycles. The van der Waals surface area contributed by atoms with Gasteiger partial charge in [0, 0.05) is 30.7 Å². The molecule has 1 aromatic heterocycles. The van der Waals surface area contributed by atoms with E-state index in [2.05, 4.69) is 15.9 Å². The molecule has 0 fully saturated rings. The van der Waals surface area contributed by atoms with Gasteiger partial charge in [-0.1, -0.05) is 24.3 Å². The first kappa shape index (κ1) is 14.8. The van der Waals surface area contributed by atoms with Crippen molar-refractivity contribution in [2.75, 3.05) is 0 Å². The maximum atomic E-state index is 12.8. The van der Waals surface area contributed by atoms with Crippen LogP contribution in [0.4, 0.5) is 0 Å². The Morgan fingerprint density at radius 1 is 1.27 bits per heavy atom. The fourth-order valence-corrected chi connectivity index (χ4v) is 3.36. The molecule has 0 bridgehead atoms. The minimum Gasteiger partial charge on any atom is -0.480 e. The summed E-state index contributed by atoms with van der Waals surface area (Å²) in [5.41, 5.74) is 2.46. The number of hydrogen-bond donors (Lipinski definition) is 1. The highest BCUT2D eigenvalue weighted by Gasteiger charge is 2.35. The molecule has 2 aromatic rings. The van der Waals surface area contributed by atoms with Crippen molar-refractivity contribution in [1.29, 1.82) is 0 Å². The van der Waals surface area contributed by atoms with E-state index >= 15 is 0 Å². The molecule has 0 radical (unpaired) electrons. The lowest BCUT2D eigenvalue weighted by Crippen LogP contribution is -2.49. The van der Waals surface area contributed by atoms with Gasteiger partial charge < -0.3 is 14.6 Å². The second kappa shape index (κ2) is 5.61. The van der Waals surface area contributed by atoms with E-state index < -0.39 is 12.0 Å². The van der Waals surface area contributed by atoms with E-state index in [0.717, 1.165) is 15.6 Å². The van der Waals surface area contributed by atoms with Crippen LogP contribution in [-0.2, 0) is 24.8 Å². The molecular weight excluding hydrogens is 348 g/mol. The van der Waals surface area contributed by atoms with Crippen molar-refractivity contribution in [2.24, 2.45) is 7.05 Å². The number of aromatic nitrogens is 1. The Morgan fingerprint density at radius 2 is 1.95 bits per heavy atom. The lowest BCUT2D eigenvalue weighted by atomic mass is 9.93. The van der Waals surface area contributed by atoms with E-state index in [1.165, 1.54) is 4.90 Å². The van der Waals surface area contributed by atoms with Crippen LogP contribution < -0.4 is 0 Å². The summed E-state index contributed by atoms with van der Waals surface area (Å²) in [6.07, 6.45) is 2.11. The van der Waals surface area contributed by atoms with Gasteiger partial charge in [0.2, 0.25) is 0 Å². The second-order valence-electron chi connectivity index (χ2n) is 5.41. The summed E-state index contributed by atoms with van der Waals surface area (Å²) in [4.78, 5) is 25.8. The Bertz CT molecular complexity index is 754. The molecule has 5 nitrogen and oxygen atoms in total. The van der Waals surface area contributed by atoms with Crippen molar-refractivity contribution in [3.8, 4) is 0 Å². The van der Waals surface area contributed by atoms with Gasteiger partial charge in [-0.15, -0.1) is 0 Å². The van der Waals surface area contributed by atoms with Crippen LogP contribution in [0, 0.1) is 0 Å². The average Bonchev–Trinajstić information content (AvgIpc) is 2.83. The number of hydrogen-bond acceptors (Lipinski definition) is 2. The fourth-order valence-electron chi connectivity index (χ4n) is 2.84. The zero-order chi connectivity index (χ0) is 15.9. The molecule has 0 saturated heterocycles. The summed E-state index contributed by atoms with van der Waals surface area (Å²) in [5, 5.41) is 9.49. The fraction of sp³-hybridized carbons (Fsp3) is 0.250. The SMILES string of the molecule is Cn1cc(Br)cc1C(=O)N1Cc2ccccc2C[C@H]1C(=O)O. The maximum absolute atomic E-state index is 12.8. The van der Waals surface area contributed by atoms with Gasteiger partial charge in [0.1, 0.15) is 11.7 Å². The van der Waals surface area contributed by atoms with Crippen molar-refractivity contribution in [2.45, 2.75) is 19.0 Å². The van der Waals surface area contributed by atoms with Crippen molar-refractivity contribution < 1.29 is 14.7 Å². The zero-order valence-corrected chi connectivity index (χ0v) is 13.6. The third-order valence-corrected chi connectivity index (χ3v) is 4.42. The highest BCUT2D eigenvalue weighted by molar-refractivity contribution is 9.10. The number of rotatable bonds is 2. The molecular formula is C16H15BrN2O3. The number of carboxylic acid groups (broad SMARTS) is 1. The van der Waals surface area contributed by atoms with E-state index in [0.29, 0.717) is 18.7 Å². The van der Waals surface area contributed by atoms with Crippen molar-refractivity contribution in [1.82, 2.24) is 9.47 Å². The summed E-state index contributed by atoms with van der Waals surface area (Å²) in [7, 11) is 1.77. The topological polar surface area (TPSA) is 62.5 Å². The Morgan fingerprint density at radius 3 is 2.55 bits per heavy atom. The molecule has 0 unspecified atom stereocenters. The molecule has 1 aliphatic rings. The minimum absolute atomic E-state index is 0.268.